The first-order valence-corrected chi connectivity index (χ1v) is 20.8. The molecule has 0 unspecified atom stereocenters. The number of Topliss-reactive ketones (excluding diaryl/α,β-unsaturated/α-hetero) is 1. The number of aliphatic imine (C=N–C) groups is 1. The van der Waals surface area contributed by atoms with Gasteiger partial charge in [-0.25, -0.2) is 4.98 Å². The lowest BCUT2D eigenvalue weighted by Gasteiger charge is -2.13. The van der Waals surface area contributed by atoms with Crippen molar-refractivity contribution in [2.75, 3.05) is 50.2 Å². The van der Waals surface area contributed by atoms with Crippen molar-refractivity contribution in [1.29, 1.82) is 0 Å². The van der Waals surface area contributed by atoms with Gasteiger partial charge in [-0.3, -0.25) is 19.1 Å². The molecule has 1 aliphatic heterocycles. The minimum absolute atomic E-state index is 0. The van der Waals surface area contributed by atoms with Crippen LogP contribution in [0.15, 0.2) is 90.1 Å². The number of ether oxygens (including phenoxy) is 3. The summed E-state index contributed by atoms with van der Waals surface area (Å²) in [6.45, 7) is 8.86. The van der Waals surface area contributed by atoms with Gasteiger partial charge < -0.3 is 24.8 Å². The number of aromatic nitrogens is 4. The molecule has 15 heteroatoms. The lowest BCUT2D eigenvalue weighted by molar-refractivity contribution is -0.117. The van der Waals surface area contributed by atoms with Crippen molar-refractivity contribution in [2.45, 2.75) is 46.1 Å². The van der Waals surface area contributed by atoms with E-state index in [0.29, 0.717) is 74.7 Å². The molecule has 1 atom stereocenters. The molecule has 0 fully saturated rings. The SMILES string of the molecule is Cc1sc2c(c1C)C(c1ccc(Cl)cc1)=N[C@@H](CC(=O)Nc1ccc(OCCOCCOCCNc3ncccc3-c3ccc4c(c3)CC(=O)C4)cc1)c1nnc(C)n1-2.S. The van der Waals surface area contributed by atoms with E-state index in [2.05, 4.69) is 51.8 Å². The fourth-order valence-corrected chi connectivity index (χ4v) is 8.67. The van der Waals surface area contributed by atoms with Crippen molar-refractivity contribution in [3.63, 3.8) is 0 Å². The minimum Gasteiger partial charge on any atom is -0.491 e. The van der Waals surface area contributed by atoms with Crippen LogP contribution in [0.5, 0.6) is 5.75 Å². The number of amides is 1. The number of aryl methyl sites for hydroxylation is 2. The van der Waals surface area contributed by atoms with Crippen LogP contribution in [0.4, 0.5) is 11.5 Å². The molecular formula is C45H46ClN7O5S2. The van der Waals surface area contributed by atoms with Gasteiger partial charge >= 0.3 is 0 Å². The van der Waals surface area contributed by atoms with Gasteiger partial charge in [0.1, 0.15) is 40.8 Å². The molecule has 60 heavy (non-hydrogen) atoms. The summed E-state index contributed by atoms with van der Waals surface area (Å²) in [4.78, 5) is 36.3. The standard InChI is InChI=1S/C45H44ClN7O5S.H2S/c1-27-28(2)59-45-41(27)42(30-8-10-34(46)11-9-30)50-39(44-52-51-29(3)53(44)45)26-40(55)49-35-12-14-37(15-13-35)58-22-21-57-20-19-56-18-17-48-43-38(5-4-16-47-43)32-7-6-31-24-36(54)25-33(31)23-32;/h4-16,23,39H,17-22,24-26H2,1-3H3,(H,47,48)(H,49,55);1H2/t39-;/m0./s1. The summed E-state index contributed by atoms with van der Waals surface area (Å²) in [6, 6.07) is 24.4. The Hall–Kier alpha value is -5.38. The number of hydrogen-bond acceptors (Lipinski definition) is 11. The van der Waals surface area contributed by atoms with Gasteiger partial charge in [-0.05, 0) is 91.6 Å². The summed E-state index contributed by atoms with van der Waals surface area (Å²) in [7, 11) is 0. The summed E-state index contributed by atoms with van der Waals surface area (Å²) in [5, 5.41) is 16.9. The average molecular weight is 864 g/mol. The number of fused-ring (bicyclic) bond motifs is 4. The summed E-state index contributed by atoms with van der Waals surface area (Å²) < 4.78 is 19.4. The van der Waals surface area contributed by atoms with Gasteiger partial charge in [0.2, 0.25) is 5.91 Å². The van der Waals surface area contributed by atoms with Crippen molar-refractivity contribution >= 4 is 65.3 Å². The molecule has 1 aliphatic carbocycles. The van der Waals surface area contributed by atoms with Crippen LogP contribution in [-0.4, -0.2) is 76.7 Å². The molecule has 1 amide bonds. The predicted octanol–water partition coefficient (Wildman–Crippen LogP) is 8.19. The van der Waals surface area contributed by atoms with Crippen LogP contribution < -0.4 is 15.4 Å². The molecule has 310 valence electrons. The predicted molar refractivity (Wildman–Crippen MR) is 241 cm³/mol. The topological polar surface area (TPSA) is 142 Å². The Labute approximate surface area is 364 Å². The zero-order chi connectivity index (χ0) is 40.9. The third kappa shape index (κ3) is 9.64. The summed E-state index contributed by atoms with van der Waals surface area (Å²) in [5.74, 6) is 2.87. The van der Waals surface area contributed by atoms with Gasteiger partial charge in [0.05, 0.1) is 38.6 Å². The van der Waals surface area contributed by atoms with Gasteiger partial charge in [0, 0.05) is 57.9 Å². The van der Waals surface area contributed by atoms with Crippen molar-refractivity contribution in [3.05, 3.63) is 134 Å². The molecule has 0 saturated heterocycles. The number of benzene rings is 3. The Morgan fingerprint density at radius 3 is 2.42 bits per heavy atom. The second-order valence-electron chi connectivity index (χ2n) is 14.5. The van der Waals surface area contributed by atoms with Gasteiger partial charge in [0.15, 0.2) is 5.82 Å². The molecule has 6 aromatic rings. The van der Waals surface area contributed by atoms with Gasteiger partial charge in [-0.1, -0.05) is 41.9 Å². The second kappa shape index (κ2) is 19.3. The third-order valence-electron chi connectivity index (χ3n) is 10.4. The quantitative estimate of drug-likeness (QED) is 0.0922. The number of nitrogens with one attached hydrogen (secondary N) is 2. The first kappa shape index (κ1) is 42.7. The number of carbonyl (C=O) groups is 2. The summed E-state index contributed by atoms with van der Waals surface area (Å²) in [5.41, 5.74) is 8.76. The maximum atomic E-state index is 13.5. The van der Waals surface area contributed by atoms with Gasteiger partial charge in [0.25, 0.3) is 0 Å². The Kier molecular flexibility index (Phi) is 13.8. The largest absolute Gasteiger partial charge is 0.491 e. The van der Waals surface area contributed by atoms with Crippen LogP contribution in [0, 0.1) is 20.8 Å². The number of nitrogens with zero attached hydrogens (tertiary/aromatic N) is 5. The maximum Gasteiger partial charge on any atom is 0.227 e. The molecule has 2 aliphatic rings. The van der Waals surface area contributed by atoms with Crippen LogP contribution in [-0.2, 0) is 31.9 Å². The van der Waals surface area contributed by atoms with E-state index in [9.17, 15) is 9.59 Å². The highest BCUT2D eigenvalue weighted by Gasteiger charge is 2.32. The maximum absolute atomic E-state index is 13.5. The van der Waals surface area contributed by atoms with Gasteiger partial charge in [-0.2, -0.15) is 13.5 Å². The summed E-state index contributed by atoms with van der Waals surface area (Å²) in [6.07, 6.45) is 2.86. The smallest absolute Gasteiger partial charge is 0.227 e. The van der Waals surface area contributed by atoms with Crippen LogP contribution in [0.25, 0.3) is 16.1 Å². The van der Waals surface area contributed by atoms with E-state index < -0.39 is 6.04 Å². The monoisotopic (exact) mass is 863 g/mol. The van der Waals surface area contributed by atoms with Gasteiger partial charge in [-0.15, -0.1) is 21.5 Å². The molecule has 0 spiro atoms. The molecule has 4 heterocycles. The normalized spacial score (nSPS) is 14.0. The molecule has 0 bridgehead atoms. The number of hydrogen-bond donors (Lipinski definition) is 2. The fraction of sp³-hybridized carbons (Fsp3) is 0.289. The molecule has 3 aromatic heterocycles. The van der Waals surface area contributed by atoms with Crippen LogP contribution in [0.2, 0.25) is 5.02 Å². The number of halogens is 1. The number of anilines is 2. The third-order valence-corrected chi connectivity index (χ3v) is 11.8. The minimum atomic E-state index is -0.568. The number of carbonyl (C=O) groups excluding carboxylic acids is 2. The van der Waals surface area contributed by atoms with E-state index in [4.69, 9.17) is 30.8 Å². The molecule has 3 aromatic carbocycles. The van der Waals surface area contributed by atoms with Crippen molar-refractivity contribution in [1.82, 2.24) is 19.7 Å². The molecule has 0 radical (unpaired) electrons. The zero-order valence-electron chi connectivity index (χ0n) is 33.6. The van der Waals surface area contributed by atoms with E-state index in [1.807, 2.05) is 78.2 Å². The number of pyridine rings is 1. The molecule has 12 nitrogen and oxygen atoms in total. The number of rotatable bonds is 16. The molecule has 0 saturated carbocycles. The Bertz CT molecular complexity index is 2520. The van der Waals surface area contributed by atoms with Crippen LogP contribution in [0.1, 0.15) is 56.8 Å². The second-order valence-corrected chi connectivity index (χ2v) is 16.1. The van der Waals surface area contributed by atoms with E-state index >= 15 is 0 Å². The lowest BCUT2D eigenvalue weighted by Crippen LogP contribution is -2.17. The Balaban J connectivity index is 0.00000544. The highest BCUT2D eigenvalue weighted by Crippen LogP contribution is 2.40. The van der Waals surface area contributed by atoms with Crippen LogP contribution >= 0.6 is 36.4 Å². The van der Waals surface area contributed by atoms with Crippen molar-refractivity contribution < 1.29 is 23.8 Å². The first-order chi connectivity index (χ1) is 28.7. The van der Waals surface area contributed by atoms with E-state index in [0.717, 1.165) is 61.3 Å². The number of thiophene rings is 1. The Morgan fingerprint density at radius 2 is 1.62 bits per heavy atom. The molecular weight excluding hydrogens is 818 g/mol. The number of ketones is 1. The van der Waals surface area contributed by atoms with Crippen LogP contribution in [0.3, 0.4) is 0 Å². The average Bonchev–Trinajstić information content (AvgIpc) is 3.87. The highest BCUT2D eigenvalue weighted by molar-refractivity contribution is 7.59. The van der Waals surface area contributed by atoms with E-state index in [1.54, 1.807) is 17.5 Å². The Morgan fingerprint density at radius 1 is 0.883 bits per heavy atom. The lowest BCUT2D eigenvalue weighted by atomic mass is 9.99. The molecule has 2 N–H and O–H groups in total. The van der Waals surface area contributed by atoms with Crippen molar-refractivity contribution in [2.24, 2.45) is 4.99 Å². The van der Waals surface area contributed by atoms with Crippen molar-refractivity contribution in [3.8, 4) is 21.9 Å². The fourth-order valence-electron chi connectivity index (χ4n) is 7.33. The first-order valence-electron chi connectivity index (χ1n) is 19.6. The molecule has 8 rings (SSSR count). The zero-order valence-corrected chi connectivity index (χ0v) is 36.2. The van der Waals surface area contributed by atoms with E-state index in [1.165, 1.54) is 4.88 Å². The highest BCUT2D eigenvalue weighted by atomic mass is 35.5. The van der Waals surface area contributed by atoms with E-state index in [-0.39, 0.29) is 31.6 Å². The summed E-state index contributed by atoms with van der Waals surface area (Å²) >= 11 is 7.91.